The molecule has 9 heteroatoms. The zero-order valence-electron chi connectivity index (χ0n) is 17.2. The van der Waals surface area contributed by atoms with Crippen molar-refractivity contribution in [2.45, 2.75) is 25.2 Å². The molecule has 1 aromatic heterocycles. The summed E-state index contributed by atoms with van der Waals surface area (Å²) in [5, 5.41) is 9.54. The lowest BCUT2D eigenvalue weighted by atomic mass is 9.92. The van der Waals surface area contributed by atoms with Crippen molar-refractivity contribution in [1.29, 1.82) is 5.26 Å². The number of oxazole rings is 1. The predicted octanol–water partition coefficient (Wildman–Crippen LogP) is 2.72. The molecule has 0 amide bonds. The Morgan fingerprint density at radius 3 is 2.33 bits per heavy atom. The van der Waals surface area contributed by atoms with E-state index >= 15 is 0 Å². The number of aromatic nitrogens is 1. The summed E-state index contributed by atoms with van der Waals surface area (Å²) in [6.45, 7) is 7.55. The third-order valence-corrected chi connectivity index (χ3v) is 7.49. The van der Waals surface area contributed by atoms with Crippen LogP contribution in [0, 0.1) is 23.2 Å². The number of ether oxygens (including phenoxy) is 1. The van der Waals surface area contributed by atoms with Crippen LogP contribution in [0.1, 0.15) is 26.0 Å². The van der Waals surface area contributed by atoms with Crippen LogP contribution in [0.25, 0.3) is 11.5 Å². The first-order valence-electron chi connectivity index (χ1n) is 10.2. The predicted molar refractivity (Wildman–Crippen MR) is 111 cm³/mol. The van der Waals surface area contributed by atoms with Crippen LogP contribution >= 0.6 is 0 Å². The molecule has 2 saturated heterocycles. The Hall–Kier alpha value is -2.41. The van der Waals surface area contributed by atoms with Gasteiger partial charge in [-0.15, -0.1) is 0 Å². The highest BCUT2D eigenvalue weighted by atomic mass is 32.2. The van der Waals surface area contributed by atoms with Crippen LogP contribution in [0.5, 0.6) is 0 Å². The molecule has 0 N–H and O–H groups in total. The van der Waals surface area contributed by atoms with E-state index in [0.29, 0.717) is 55.5 Å². The Kier molecular flexibility index (Phi) is 5.82. The number of benzene rings is 1. The van der Waals surface area contributed by atoms with Gasteiger partial charge in [-0.25, -0.2) is 8.42 Å². The molecule has 8 nitrogen and oxygen atoms in total. The quantitative estimate of drug-likeness (QED) is 0.735. The van der Waals surface area contributed by atoms with Crippen LogP contribution < -0.4 is 4.90 Å². The number of sulfonamides is 1. The second-order valence-electron chi connectivity index (χ2n) is 8.18. The summed E-state index contributed by atoms with van der Waals surface area (Å²) in [4.78, 5) is 6.67. The van der Waals surface area contributed by atoms with Gasteiger partial charge in [-0.2, -0.15) is 14.6 Å². The van der Waals surface area contributed by atoms with Gasteiger partial charge in [-0.05, 0) is 42.5 Å². The third-order valence-electron chi connectivity index (χ3n) is 5.58. The minimum Gasteiger partial charge on any atom is -0.419 e. The van der Waals surface area contributed by atoms with Crippen molar-refractivity contribution in [2.24, 2.45) is 11.8 Å². The maximum atomic E-state index is 12.8. The fourth-order valence-electron chi connectivity index (χ4n) is 4.26. The van der Waals surface area contributed by atoms with Crippen molar-refractivity contribution in [3.8, 4) is 17.5 Å². The van der Waals surface area contributed by atoms with E-state index in [2.05, 4.69) is 29.8 Å². The molecule has 0 spiro atoms. The van der Waals surface area contributed by atoms with E-state index in [1.807, 2.05) is 0 Å². The fourth-order valence-corrected chi connectivity index (χ4v) is 5.66. The maximum absolute atomic E-state index is 12.8. The van der Waals surface area contributed by atoms with Gasteiger partial charge in [-0.1, -0.05) is 13.8 Å². The average molecular weight is 431 g/mol. The van der Waals surface area contributed by atoms with Gasteiger partial charge < -0.3 is 14.1 Å². The van der Waals surface area contributed by atoms with E-state index in [1.54, 1.807) is 24.3 Å². The van der Waals surface area contributed by atoms with Gasteiger partial charge in [0.1, 0.15) is 6.07 Å². The molecule has 0 aliphatic carbocycles. The van der Waals surface area contributed by atoms with Crippen LogP contribution in [-0.4, -0.2) is 57.1 Å². The van der Waals surface area contributed by atoms with Gasteiger partial charge in [0.15, 0.2) is 0 Å². The largest absolute Gasteiger partial charge is 0.419 e. The number of nitriles is 1. The van der Waals surface area contributed by atoms with E-state index in [1.165, 1.54) is 4.31 Å². The molecule has 2 aliphatic rings. The number of rotatable bonds is 4. The Labute approximate surface area is 177 Å². The van der Waals surface area contributed by atoms with E-state index in [9.17, 15) is 13.7 Å². The lowest BCUT2D eigenvalue weighted by Gasteiger charge is -2.34. The van der Waals surface area contributed by atoms with Gasteiger partial charge in [0.25, 0.3) is 0 Å². The van der Waals surface area contributed by atoms with Gasteiger partial charge in [0, 0.05) is 31.7 Å². The van der Waals surface area contributed by atoms with Crippen molar-refractivity contribution in [1.82, 2.24) is 9.29 Å². The monoisotopic (exact) mass is 430 g/mol. The summed E-state index contributed by atoms with van der Waals surface area (Å²) >= 11 is 0. The topological polar surface area (TPSA) is 99.7 Å². The lowest BCUT2D eigenvalue weighted by molar-refractivity contribution is 0.0730. The molecule has 2 aliphatic heterocycles. The lowest BCUT2D eigenvalue weighted by Crippen LogP contribution is -2.40. The minimum absolute atomic E-state index is 0.221. The minimum atomic E-state index is -3.56. The summed E-state index contributed by atoms with van der Waals surface area (Å²) in [7, 11) is -3.56. The molecule has 4 rings (SSSR count). The molecular weight excluding hydrogens is 404 g/mol. The van der Waals surface area contributed by atoms with Crippen molar-refractivity contribution in [3.05, 3.63) is 30.0 Å². The second kappa shape index (κ2) is 8.38. The normalized spacial score (nSPS) is 23.3. The highest BCUT2D eigenvalue weighted by Gasteiger charge is 2.29. The second-order valence-corrected chi connectivity index (χ2v) is 10.1. The van der Waals surface area contributed by atoms with Crippen LogP contribution in [0.2, 0.25) is 0 Å². The summed E-state index contributed by atoms with van der Waals surface area (Å²) < 4.78 is 38.2. The van der Waals surface area contributed by atoms with Crippen LogP contribution in [0.15, 0.2) is 33.6 Å². The maximum Gasteiger partial charge on any atom is 0.243 e. The standard InChI is InChI=1S/C21H26N4O4S/c1-15-11-16(2)14-24(13-15)21-19(12-22)23-20(29-21)17-3-5-18(6-4-17)30(26,27)25-7-9-28-10-8-25/h3-6,15-16H,7-11,13-14H2,1-2H3/t15-,16+. The molecule has 3 heterocycles. The molecule has 2 atom stereocenters. The molecule has 0 radical (unpaired) electrons. The summed E-state index contributed by atoms with van der Waals surface area (Å²) in [6, 6.07) is 8.59. The van der Waals surface area contributed by atoms with Gasteiger partial charge in [0.2, 0.25) is 27.5 Å². The molecule has 1 aromatic carbocycles. The number of piperidine rings is 1. The molecule has 0 bridgehead atoms. The molecule has 160 valence electrons. The summed E-state index contributed by atoms with van der Waals surface area (Å²) in [5.74, 6) is 1.84. The van der Waals surface area contributed by atoms with Crippen LogP contribution in [0.3, 0.4) is 0 Å². The number of hydrogen-bond acceptors (Lipinski definition) is 7. The van der Waals surface area contributed by atoms with Crippen molar-refractivity contribution < 1.29 is 17.6 Å². The first-order chi connectivity index (χ1) is 14.4. The highest BCUT2D eigenvalue weighted by molar-refractivity contribution is 7.89. The number of anilines is 1. The Bertz CT molecular complexity index is 1030. The van der Waals surface area contributed by atoms with E-state index in [-0.39, 0.29) is 10.6 Å². The first-order valence-corrected chi connectivity index (χ1v) is 11.7. The molecule has 2 aromatic rings. The summed E-state index contributed by atoms with van der Waals surface area (Å²) in [6.07, 6.45) is 1.15. The number of morpholine rings is 1. The molecule has 0 saturated carbocycles. The zero-order valence-corrected chi connectivity index (χ0v) is 18.1. The Balaban J connectivity index is 1.59. The smallest absolute Gasteiger partial charge is 0.243 e. The molecule has 2 fully saturated rings. The molecule has 0 unspecified atom stereocenters. The third kappa shape index (κ3) is 4.08. The number of hydrogen-bond donors (Lipinski definition) is 0. The van der Waals surface area contributed by atoms with Crippen LogP contribution in [0.4, 0.5) is 5.88 Å². The Morgan fingerprint density at radius 2 is 1.73 bits per heavy atom. The highest BCUT2D eigenvalue weighted by Crippen LogP contribution is 2.33. The zero-order chi connectivity index (χ0) is 21.3. The van der Waals surface area contributed by atoms with Gasteiger partial charge in [-0.3, -0.25) is 0 Å². The van der Waals surface area contributed by atoms with Gasteiger partial charge >= 0.3 is 0 Å². The van der Waals surface area contributed by atoms with Crippen molar-refractivity contribution >= 4 is 15.9 Å². The van der Waals surface area contributed by atoms with Gasteiger partial charge in [0.05, 0.1) is 18.1 Å². The SMILES string of the molecule is C[C@@H]1C[C@H](C)CN(c2oc(-c3ccc(S(=O)(=O)N4CCOCC4)cc3)nc2C#N)C1. The van der Waals surface area contributed by atoms with E-state index in [4.69, 9.17) is 9.15 Å². The average Bonchev–Trinajstić information content (AvgIpc) is 3.18. The van der Waals surface area contributed by atoms with E-state index < -0.39 is 10.0 Å². The molecule has 30 heavy (non-hydrogen) atoms. The number of nitrogens with zero attached hydrogens (tertiary/aromatic N) is 4. The van der Waals surface area contributed by atoms with Crippen molar-refractivity contribution in [2.75, 3.05) is 44.3 Å². The molecular formula is C21H26N4O4S. The van der Waals surface area contributed by atoms with Crippen LogP contribution in [-0.2, 0) is 14.8 Å². The Morgan fingerprint density at radius 1 is 1.10 bits per heavy atom. The first kappa shape index (κ1) is 20.8. The summed E-state index contributed by atoms with van der Waals surface area (Å²) in [5.41, 5.74) is 0.896. The fraction of sp³-hybridized carbons (Fsp3) is 0.524. The van der Waals surface area contributed by atoms with Crippen molar-refractivity contribution in [3.63, 3.8) is 0 Å². The van der Waals surface area contributed by atoms with E-state index in [0.717, 1.165) is 19.5 Å².